The fourth-order valence-corrected chi connectivity index (χ4v) is 1.41. The average Bonchev–Trinajstić information content (AvgIpc) is 2.66. The fraction of sp³-hybridized carbons (Fsp3) is 0.250. The van der Waals surface area contributed by atoms with Crippen LogP contribution in [0.5, 0.6) is 5.75 Å². The van der Waals surface area contributed by atoms with Crippen molar-refractivity contribution in [2.24, 2.45) is 0 Å². The van der Waals surface area contributed by atoms with Crippen LogP contribution in [0.4, 0.5) is 0 Å². The number of hydrogen-bond acceptors (Lipinski definition) is 5. The highest BCUT2D eigenvalue weighted by atomic mass is 16.5. The highest BCUT2D eigenvalue weighted by Crippen LogP contribution is 2.17. The molecule has 0 saturated carbocycles. The third-order valence-corrected chi connectivity index (χ3v) is 2.40. The molecule has 0 aromatic carbocycles. The number of aromatic carboxylic acids is 1. The zero-order chi connectivity index (χ0) is 13.1. The Bertz CT molecular complexity index is 558. The lowest BCUT2D eigenvalue weighted by molar-refractivity contribution is 0.0684. The van der Waals surface area contributed by atoms with Crippen molar-refractivity contribution in [3.05, 3.63) is 41.4 Å². The van der Waals surface area contributed by atoms with Crippen LogP contribution in [0.3, 0.4) is 0 Å². The summed E-state index contributed by atoms with van der Waals surface area (Å²) in [6.45, 7) is 3.70. The van der Waals surface area contributed by atoms with E-state index >= 15 is 0 Å². The molecule has 0 saturated heterocycles. The Morgan fingerprint density at radius 3 is 2.89 bits per heavy atom. The van der Waals surface area contributed by atoms with Crippen molar-refractivity contribution in [2.45, 2.75) is 20.5 Å². The van der Waals surface area contributed by atoms with Crippen molar-refractivity contribution in [3.8, 4) is 5.75 Å². The molecular formula is C12H12N2O4. The van der Waals surface area contributed by atoms with Crippen LogP contribution >= 0.6 is 0 Å². The first kappa shape index (κ1) is 12.1. The predicted molar refractivity (Wildman–Crippen MR) is 61.5 cm³/mol. The summed E-state index contributed by atoms with van der Waals surface area (Å²) >= 11 is 0. The summed E-state index contributed by atoms with van der Waals surface area (Å²) < 4.78 is 10.7. The number of carboxylic acid groups (broad SMARTS) is 1. The van der Waals surface area contributed by atoms with Crippen LogP contribution in [0.15, 0.2) is 22.7 Å². The smallest absolute Gasteiger partial charge is 0.358 e. The number of oxazole rings is 1. The molecule has 2 aromatic rings. The topological polar surface area (TPSA) is 85.5 Å². The monoisotopic (exact) mass is 248 g/mol. The van der Waals surface area contributed by atoms with E-state index in [-0.39, 0.29) is 18.1 Å². The second-order valence-corrected chi connectivity index (χ2v) is 3.69. The SMILES string of the molecule is Cc1nc(COc2cccnc2C(=O)O)oc1C. The third-order valence-electron chi connectivity index (χ3n) is 2.40. The summed E-state index contributed by atoms with van der Waals surface area (Å²) in [4.78, 5) is 18.8. The third kappa shape index (κ3) is 2.48. The van der Waals surface area contributed by atoms with Gasteiger partial charge in [0.15, 0.2) is 18.1 Å². The van der Waals surface area contributed by atoms with Crippen LogP contribution < -0.4 is 4.74 Å². The number of ether oxygens (including phenoxy) is 1. The highest BCUT2D eigenvalue weighted by Gasteiger charge is 2.13. The van der Waals surface area contributed by atoms with Gasteiger partial charge in [0.25, 0.3) is 0 Å². The van der Waals surface area contributed by atoms with Gasteiger partial charge in [-0.3, -0.25) is 0 Å². The zero-order valence-electron chi connectivity index (χ0n) is 10.0. The Kier molecular flexibility index (Phi) is 3.27. The van der Waals surface area contributed by atoms with Crippen molar-refractivity contribution in [2.75, 3.05) is 0 Å². The predicted octanol–water partition coefficient (Wildman–Crippen LogP) is 1.96. The van der Waals surface area contributed by atoms with E-state index in [0.717, 1.165) is 11.5 Å². The Morgan fingerprint density at radius 1 is 1.50 bits per heavy atom. The Labute approximate surface area is 103 Å². The molecule has 0 spiro atoms. The van der Waals surface area contributed by atoms with Crippen LogP contribution in [0.1, 0.15) is 27.8 Å². The summed E-state index contributed by atoms with van der Waals surface area (Å²) in [5.41, 5.74) is 0.663. The van der Waals surface area contributed by atoms with Crippen LogP contribution in [-0.4, -0.2) is 21.0 Å². The second kappa shape index (κ2) is 4.87. The molecule has 2 aromatic heterocycles. The second-order valence-electron chi connectivity index (χ2n) is 3.69. The molecular weight excluding hydrogens is 236 g/mol. The van der Waals surface area contributed by atoms with Crippen LogP contribution in [0, 0.1) is 13.8 Å². The highest BCUT2D eigenvalue weighted by molar-refractivity contribution is 5.88. The Morgan fingerprint density at radius 2 is 2.28 bits per heavy atom. The largest absolute Gasteiger partial charge is 0.481 e. The first-order valence-electron chi connectivity index (χ1n) is 5.32. The van der Waals surface area contributed by atoms with E-state index in [2.05, 4.69) is 9.97 Å². The molecule has 0 aliphatic heterocycles. The van der Waals surface area contributed by atoms with Crippen molar-refractivity contribution < 1.29 is 19.1 Å². The zero-order valence-corrected chi connectivity index (χ0v) is 10.0. The minimum absolute atomic E-state index is 0.0701. The summed E-state index contributed by atoms with van der Waals surface area (Å²) in [6.07, 6.45) is 1.40. The van der Waals surface area contributed by atoms with Crippen molar-refractivity contribution >= 4 is 5.97 Å². The maximum Gasteiger partial charge on any atom is 0.358 e. The fourth-order valence-electron chi connectivity index (χ4n) is 1.41. The van der Waals surface area contributed by atoms with E-state index in [9.17, 15) is 4.79 Å². The average molecular weight is 248 g/mol. The number of aromatic nitrogens is 2. The van der Waals surface area contributed by atoms with Gasteiger partial charge >= 0.3 is 5.97 Å². The summed E-state index contributed by atoms with van der Waals surface area (Å²) in [5.74, 6) is 0.187. The molecule has 0 atom stereocenters. The Balaban J connectivity index is 2.13. The van der Waals surface area contributed by atoms with E-state index in [0.29, 0.717) is 5.89 Å². The summed E-state index contributed by atoms with van der Waals surface area (Å²) in [6, 6.07) is 3.15. The number of rotatable bonds is 4. The molecule has 0 aliphatic carbocycles. The van der Waals surface area contributed by atoms with Crippen LogP contribution in [0.2, 0.25) is 0 Å². The molecule has 1 N–H and O–H groups in total. The van der Waals surface area contributed by atoms with E-state index in [1.54, 1.807) is 19.1 Å². The molecule has 0 amide bonds. The molecule has 6 heteroatoms. The van der Waals surface area contributed by atoms with E-state index in [1.165, 1.54) is 6.20 Å². The molecule has 18 heavy (non-hydrogen) atoms. The van der Waals surface area contributed by atoms with Gasteiger partial charge in [-0.1, -0.05) is 0 Å². The number of carboxylic acids is 1. The molecule has 0 bridgehead atoms. The van der Waals surface area contributed by atoms with Gasteiger partial charge in [-0.25, -0.2) is 14.8 Å². The van der Waals surface area contributed by atoms with E-state index in [4.69, 9.17) is 14.3 Å². The number of pyridine rings is 1. The normalized spacial score (nSPS) is 10.3. The van der Waals surface area contributed by atoms with Gasteiger partial charge in [-0.2, -0.15) is 0 Å². The van der Waals surface area contributed by atoms with E-state index in [1.807, 2.05) is 6.92 Å². The lowest BCUT2D eigenvalue weighted by Gasteiger charge is -2.05. The quantitative estimate of drug-likeness (QED) is 0.890. The lowest BCUT2D eigenvalue weighted by Crippen LogP contribution is -2.05. The van der Waals surface area contributed by atoms with Gasteiger partial charge in [-0.05, 0) is 26.0 Å². The van der Waals surface area contributed by atoms with Gasteiger partial charge < -0.3 is 14.3 Å². The van der Waals surface area contributed by atoms with Gasteiger partial charge in [0.2, 0.25) is 5.89 Å². The minimum Gasteiger partial charge on any atom is -0.481 e. The first-order valence-corrected chi connectivity index (χ1v) is 5.32. The van der Waals surface area contributed by atoms with E-state index < -0.39 is 5.97 Å². The van der Waals surface area contributed by atoms with Gasteiger partial charge in [0, 0.05) is 6.20 Å². The summed E-state index contributed by atoms with van der Waals surface area (Å²) in [5, 5.41) is 8.93. The lowest BCUT2D eigenvalue weighted by atomic mass is 10.3. The maximum atomic E-state index is 10.9. The standard InChI is InChI=1S/C12H12N2O4/c1-7-8(2)18-10(14-7)6-17-9-4-3-5-13-11(9)12(15)16/h3-5H,6H2,1-2H3,(H,15,16). The van der Waals surface area contributed by atoms with Crippen molar-refractivity contribution in [1.29, 1.82) is 0 Å². The van der Waals surface area contributed by atoms with Gasteiger partial charge in [0.05, 0.1) is 5.69 Å². The molecule has 6 nitrogen and oxygen atoms in total. The first-order chi connectivity index (χ1) is 8.58. The van der Waals surface area contributed by atoms with Crippen LogP contribution in [-0.2, 0) is 6.61 Å². The number of aryl methyl sites for hydroxylation is 2. The minimum atomic E-state index is -1.13. The number of nitrogens with zero attached hydrogens (tertiary/aromatic N) is 2. The van der Waals surface area contributed by atoms with Crippen molar-refractivity contribution in [3.63, 3.8) is 0 Å². The molecule has 0 fully saturated rings. The maximum absolute atomic E-state index is 10.9. The molecule has 0 aliphatic rings. The molecule has 0 radical (unpaired) electrons. The Hall–Kier alpha value is -2.37. The molecule has 0 unspecified atom stereocenters. The van der Waals surface area contributed by atoms with Gasteiger partial charge in [0.1, 0.15) is 5.76 Å². The number of hydrogen-bond donors (Lipinski definition) is 1. The van der Waals surface area contributed by atoms with Crippen molar-refractivity contribution in [1.82, 2.24) is 9.97 Å². The number of carbonyl (C=O) groups is 1. The molecule has 94 valence electrons. The molecule has 2 rings (SSSR count). The van der Waals surface area contributed by atoms with Crippen LogP contribution in [0.25, 0.3) is 0 Å². The molecule has 2 heterocycles. The van der Waals surface area contributed by atoms with Gasteiger partial charge in [-0.15, -0.1) is 0 Å². The summed E-state index contributed by atoms with van der Waals surface area (Å²) in [7, 11) is 0.